The van der Waals surface area contributed by atoms with E-state index in [1.54, 1.807) is 11.8 Å². The molecule has 1 amide bonds. The van der Waals surface area contributed by atoms with Crippen LogP contribution in [0.25, 0.3) is 0 Å². The van der Waals surface area contributed by atoms with Gasteiger partial charge in [-0.1, -0.05) is 6.07 Å². The van der Waals surface area contributed by atoms with Gasteiger partial charge in [-0.2, -0.15) is 13.2 Å². The van der Waals surface area contributed by atoms with Gasteiger partial charge in [0.2, 0.25) is 0 Å². The molecule has 2 rings (SSSR count). The van der Waals surface area contributed by atoms with E-state index >= 15 is 0 Å². The van der Waals surface area contributed by atoms with Crippen LogP contribution >= 0.6 is 24.0 Å². The van der Waals surface area contributed by atoms with Crippen molar-refractivity contribution in [2.24, 2.45) is 4.99 Å². The first-order valence-electron chi connectivity index (χ1n) is 10.1. The van der Waals surface area contributed by atoms with Crippen molar-refractivity contribution in [3.63, 3.8) is 0 Å². The van der Waals surface area contributed by atoms with Gasteiger partial charge in [0.1, 0.15) is 12.4 Å². The number of hydrogen-bond donors (Lipinski definition) is 2. The van der Waals surface area contributed by atoms with Crippen molar-refractivity contribution in [1.82, 2.24) is 15.5 Å². The summed E-state index contributed by atoms with van der Waals surface area (Å²) in [6, 6.07) is 4.95. The third-order valence-corrected chi connectivity index (χ3v) is 4.50. The van der Waals surface area contributed by atoms with E-state index in [2.05, 4.69) is 15.6 Å². The zero-order valence-corrected chi connectivity index (χ0v) is 20.0. The van der Waals surface area contributed by atoms with Crippen LogP contribution in [0.5, 0.6) is 5.75 Å². The number of nitrogens with zero attached hydrogens (tertiary/aromatic N) is 2. The number of piperidine rings is 1. The molecule has 1 heterocycles. The summed E-state index contributed by atoms with van der Waals surface area (Å²) in [5.41, 5.74) is -0.743. The van der Waals surface area contributed by atoms with E-state index in [9.17, 15) is 18.0 Å². The van der Waals surface area contributed by atoms with Gasteiger partial charge in [-0.15, -0.1) is 24.0 Å². The Balaban J connectivity index is 0.00000480. The maximum absolute atomic E-state index is 12.8. The van der Waals surface area contributed by atoms with Crippen LogP contribution in [0.15, 0.2) is 29.3 Å². The second-order valence-electron chi connectivity index (χ2n) is 6.74. The Morgan fingerprint density at radius 3 is 2.58 bits per heavy atom. The molecule has 1 aliphatic heterocycles. The minimum Gasteiger partial charge on any atom is -0.492 e. The summed E-state index contributed by atoms with van der Waals surface area (Å²) in [5.74, 6) is 0.768. The number of carbonyl (C=O) groups excluding carboxylic acids is 1. The van der Waals surface area contributed by atoms with Gasteiger partial charge in [-0.3, -0.25) is 0 Å². The summed E-state index contributed by atoms with van der Waals surface area (Å²) in [5, 5.41) is 6.47. The lowest BCUT2D eigenvalue weighted by Crippen LogP contribution is -2.50. The van der Waals surface area contributed by atoms with Gasteiger partial charge >= 0.3 is 12.3 Å². The Morgan fingerprint density at radius 1 is 1.26 bits per heavy atom. The van der Waals surface area contributed by atoms with Gasteiger partial charge in [0.25, 0.3) is 0 Å². The smallest absolute Gasteiger partial charge is 0.416 e. The van der Waals surface area contributed by atoms with Gasteiger partial charge in [-0.05, 0) is 44.9 Å². The molecule has 1 aliphatic rings. The summed E-state index contributed by atoms with van der Waals surface area (Å²) < 4.78 is 48.7. The summed E-state index contributed by atoms with van der Waals surface area (Å²) >= 11 is 0. The number of nitrogens with one attached hydrogen (secondary N) is 2. The molecule has 0 unspecified atom stereocenters. The molecule has 2 N–H and O–H groups in total. The molecular formula is C20H30F3IN4O3. The Hall–Kier alpha value is -1.92. The molecule has 0 aromatic heterocycles. The molecule has 1 aromatic carbocycles. The maximum Gasteiger partial charge on any atom is 0.416 e. The van der Waals surface area contributed by atoms with Crippen LogP contribution in [0, 0.1) is 0 Å². The number of amides is 1. The number of aliphatic imine (C=N–C) groups is 1. The average Bonchev–Trinajstić information content (AvgIpc) is 2.71. The summed E-state index contributed by atoms with van der Waals surface area (Å²) in [6.45, 7) is 6.40. The quantitative estimate of drug-likeness (QED) is 0.230. The Morgan fingerprint density at radius 2 is 1.97 bits per heavy atom. The average molecular weight is 558 g/mol. The molecule has 31 heavy (non-hydrogen) atoms. The first-order chi connectivity index (χ1) is 14.3. The van der Waals surface area contributed by atoms with Crippen LogP contribution in [0.3, 0.4) is 0 Å². The topological polar surface area (TPSA) is 75.2 Å². The Labute approximate surface area is 197 Å². The first kappa shape index (κ1) is 27.1. The molecule has 7 nitrogen and oxygen atoms in total. The fourth-order valence-corrected chi connectivity index (χ4v) is 3.02. The minimum absolute atomic E-state index is 0. The molecule has 11 heteroatoms. The van der Waals surface area contributed by atoms with Gasteiger partial charge in [-0.25, -0.2) is 9.79 Å². The van der Waals surface area contributed by atoms with Crippen molar-refractivity contribution >= 4 is 36.0 Å². The molecule has 0 bridgehead atoms. The van der Waals surface area contributed by atoms with Crippen LogP contribution in [-0.2, 0) is 10.9 Å². The standard InChI is InChI=1S/C20H29F3N4O3.HI/c1-3-24-18(26-16-8-11-27(12-9-16)19(28)29-4-2)25-10-13-30-17-7-5-6-15(14-17)20(21,22)23;/h5-7,14,16H,3-4,8-13H2,1-2H3,(H2,24,25,26);1H. The first-order valence-corrected chi connectivity index (χ1v) is 10.1. The van der Waals surface area contributed by atoms with Crippen molar-refractivity contribution in [2.45, 2.75) is 38.9 Å². The Kier molecular flexibility index (Phi) is 11.8. The molecule has 0 aliphatic carbocycles. The highest BCUT2D eigenvalue weighted by Crippen LogP contribution is 2.31. The third kappa shape index (κ3) is 9.40. The highest BCUT2D eigenvalue weighted by atomic mass is 127. The number of benzene rings is 1. The lowest BCUT2D eigenvalue weighted by molar-refractivity contribution is -0.137. The van der Waals surface area contributed by atoms with Crippen molar-refractivity contribution in [3.8, 4) is 5.75 Å². The lowest BCUT2D eigenvalue weighted by Gasteiger charge is -2.32. The third-order valence-electron chi connectivity index (χ3n) is 4.50. The highest BCUT2D eigenvalue weighted by molar-refractivity contribution is 14.0. The number of carbonyl (C=O) groups is 1. The molecule has 1 fully saturated rings. The van der Waals surface area contributed by atoms with Gasteiger partial charge < -0.3 is 25.0 Å². The predicted molar refractivity (Wildman–Crippen MR) is 123 cm³/mol. The number of ether oxygens (including phenoxy) is 2. The molecule has 0 spiro atoms. The second-order valence-corrected chi connectivity index (χ2v) is 6.74. The predicted octanol–water partition coefficient (Wildman–Crippen LogP) is 3.88. The minimum atomic E-state index is -4.40. The second kappa shape index (κ2) is 13.5. The number of hydrogen-bond acceptors (Lipinski definition) is 4. The van der Waals surface area contributed by atoms with Crippen molar-refractivity contribution in [1.29, 1.82) is 0 Å². The number of halogens is 4. The summed E-state index contributed by atoms with van der Waals surface area (Å²) in [6.07, 6.45) is -3.15. The summed E-state index contributed by atoms with van der Waals surface area (Å²) in [7, 11) is 0. The van der Waals surface area contributed by atoms with E-state index in [-0.39, 0.29) is 55.0 Å². The van der Waals surface area contributed by atoms with Crippen LogP contribution in [0.2, 0.25) is 0 Å². The fourth-order valence-electron chi connectivity index (χ4n) is 3.02. The molecule has 0 radical (unpaired) electrons. The molecule has 1 saturated heterocycles. The zero-order chi connectivity index (χ0) is 22.0. The van der Waals surface area contributed by atoms with Crippen LogP contribution < -0.4 is 15.4 Å². The monoisotopic (exact) mass is 558 g/mol. The van der Waals surface area contributed by atoms with Gasteiger partial charge in [0, 0.05) is 25.7 Å². The molecule has 176 valence electrons. The fraction of sp³-hybridized carbons (Fsp3) is 0.600. The number of guanidine groups is 1. The number of rotatable bonds is 7. The van der Waals surface area contributed by atoms with Gasteiger partial charge in [0.05, 0.1) is 18.7 Å². The maximum atomic E-state index is 12.8. The SMILES string of the molecule is CCNC(=NCCOc1cccc(C(F)(F)F)c1)NC1CCN(C(=O)OCC)CC1.I. The number of alkyl halides is 3. The van der Waals surface area contributed by atoms with Crippen LogP contribution in [0.4, 0.5) is 18.0 Å². The zero-order valence-electron chi connectivity index (χ0n) is 17.7. The molecule has 0 saturated carbocycles. The van der Waals surface area contributed by atoms with E-state index in [0.29, 0.717) is 32.2 Å². The molecular weight excluding hydrogens is 528 g/mol. The van der Waals surface area contributed by atoms with E-state index in [1.807, 2.05) is 6.92 Å². The van der Waals surface area contributed by atoms with Crippen molar-refractivity contribution in [3.05, 3.63) is 29.8 Å². The van der Waals surface area contributed by atoms with Crippen molar-refractivity contribution in [2.75, 3.05) is 39.4 Å². The van der Waals surface area contributed by atoms with E-state index in [4.69, 9.17) is 9.47 Å². The van der Waals surface area contributed by atoms with E-state index < -0.39 is 11.7 Å². The molecule has 0 atom stereocenters. The largest absolute Gasteiger partial charge is 0.492 e. The lowest BCUT2D eigenvalue weighted by atomic mass is 10.1. The normalized spacial score (nSPS) is 15.1. The Bertz CT molecular complexity index is 711. The van der Waals surface area contributed by atoms with Gasteiger partial charge in [0.15, 0.2) is 5.96 Å². The van der Waals surface area contributed by atoms with Crippen molar-refractivity contribution < 1.29 is 27.4 Å². The summed E-state index contributed by atoms with van der Waals surface area (Å²) in [4.78, 5) is 17.9. The number of likely N-dealkylation sites (tertiary alicyclic amines) is 1. The van der Waals surface area contributed by atoms with E-state index in [1.165, 1.54) is 12.1 Å². The molecule has 1 aromatic rings. The van der Waals surface area contributed by atoms with Crippen LogP contribution in [-0.4, -0.2) is 62.4 Å². The highest BCUT2D eigenvalue weighted by Gasteiger charge is 2.30. The van der Waals surface area contributed by atoms with E-state index in [0.717, 1.165) is 25.0 Å². The van der Waals surface area contributed by atoms with Crippen LogP contribution in [0.1, 0.15) is 32.3 Å².